The molecule has 2 aromatic heterocycles. The number of imidazole rings is 1. The summed E-state index contributed by atoms with van der Waals surface area (Å²) in [5.74, 6) is -1.19. The maximum Gasteiger partial charge on any atom is 0.407 e. The van der Waals surface area contributed by atoms with Crippen molar-refractivity contribution in [2.75, 3.05) is 19.0 Å². The molecule has 2 unspecified atom stereocenters. The van der Waals surface area contributed by atoms with Gasteiger partial charge < -0.3 is 39.1 Å². The predicted molar refractivity (Wildman–Crippen MR) is 173 cm³/mol. The highest BCUT2D eigenvalue weighted by Crippen LogP contribution is 2.44. The number of nitrogens with one attached hydrogen (secondary N) is 2. The van der Waals surface area contributed by atoms with Gasteiger partial charge in [-0.05, 0) is 49.6 Å². The van der Waals surface area contributed by atoms with E-state index in [2.05, 4.69) is 25.6 Å². The lowest BCUT2D eigenvalue weighted by Gasteiger charge is -2.25. The van der Waals surface area contributed by atoms with E-state index in [9.17, 15) is 14.4 Å². The third kappa shape index (κ3) is 7.48. The zero-order valence-electron chi connectivity index (χ0n) is 27.7. The summed E-state index contributed by atoms with van der Waals surface area (Å²) in [5.41, 5.74) is 2.40. The van der Waals surface area contributed by atoms with Crippen LogP contribution >= 0.6 is 0 Å². The number of ether oxygens (including phenoxy) is 6. The lowest BCUT2D eigenvalue weighted by molar-refractivity contribution is -0.199. The van der Waals surface area contributed by atoms with E-state index < -0.39 is 54.4 Å². The second-order valence-electron chi connectivity index (χ2n) is 12.4. The average Bonchev–Trinajstić information content (AvgIpc) is 3.76. The molecule has 49 heavy (non-hydrogen) atoms. The summed E-state index contributed by atoms with van der Waals surface area (Å²) in [6.07, 6.45) is -0.300. The summed E-state index contributed by atoms with van der Waals surface area (Å²) < 4.78 is 36.2. The van der Waals surface area contributed by atoms with E-state index in [0.717, 1.165) is 5.56 Å². The van der Waals surface area contributed by atoms with Crippen molar-refractivity contribution in [3.63, 3.8) is 0 Å². The molecule has 0 bridgehead atoms. The highest BCUT2D eigenvalue weighted by molar-refractivity contribution is 5.91. The quantitative estimate of drug-likeness (QED) is 0.173. The Kier molecular flexibility index (Phi) is 9.76. The van der Waals surface area contributed by atoms with E-state index in [1.54, 1.807) is 75.0 Å². The number of carbonyl (C=O) groups is 3. The molecule has 2 aromatic carbocycles. The third-order valence-corrected chi connectivity index (χ3v) is 8.14. The van der Waals surface area contributed by atoms with Gasteiger partial charge in [-0.1, -0.05) is 44.2 Å². The van der Waals surface area contributed by atoms with Crippen molar-refractivity contribution in [1.29, 1.82) is 0 Å². The van der Waals surface area contributed by atoms with E-state index in [0.29, 0.717) is 34.8 Å². The van der Waals surface area contributed by atoms with Crippen molar-refractivity contribution >= 4 is 35.0 Å². The highest BCUT2D eigenvalue weighted by Gasteiger charge is 2.56. The van der Waals surface area contributed by atoms with Gasteiger partial charge in [-0.15, -0.1) is 0 Å². The first-order chi connectivity index (χ1) is 23.5. The number of esters is 2. The van der Waals surface area contributed by atoms with Crippen molar-refractivity contribution < 1.29 is 42.8 Å². The lowest BCUT2D eigenvalue weighted by atomic mass is 10.1. The van der Waals surface area contributed by atoms with Crippen molar-refractivity contribution in [3.05, 3.63) is 78.4 Å². The van der Waals surface area contributed by atoms with Crippen molar-refractivity contribution in [1.82, 2.24) is 24.8 Å². The van der Waals surface area contributed by atoms with Gasteiger partial charge in [0.1, 0.15) is 43.0 Å². The van der Waals surface area contributed by atoms with Crippen LogP contribution in [0.2, 0.25) is 0 Å². The molecule has 6 rings (SSSR count). The van der Waals surface area contributed by atoms with Crippen molar-refractivity contribution in [2.45, 2.75) is 70.6 Å². The minimum Gasteiger partial charge on any atom is -0.467 e. The Bertz CT molecular complexity index is 1800. The molecule has 0 aliphatic carbocycles. The molecule has 4 heterocycles. The number of hydrogen-bond acceptors (Lipinski definition) is 13. The van der Waals surface area contributed by atoms with E-state index in [1.165, 1.54) is 13.4 Å². The number of methoxy groups -OCH3 is 1. The van der Waals surface area contributed by atoms with Gasteiger partial charge in [0.05, 0.1) is 19.0 Å². The first-order valence-corrected chi connectivity index (χ1v) is 15.8. The summed E-state index contributed by atoms with van der Waals surface area (Å²) >= 11 is 0. The monoisotopic (exact) mass is 674 g/mol. The number of amides is 1. The van der Waals surface area contributed by atoms with Crippen LogP contribution in [0.4, 0.5) is 10.6 Å². The Morgan fingerprint density at radius 1 is 0.980 bits per heavy atom. The van der Waals surface area contributed by atoms with Gasteiger partial charge in [0.2, 0.25) is 0 Å². The SMILES string of the molecule is COC(=O)[C@@H](NC(=O)OC[C@H]1O[C@@H](n2cnc3c(NCc4ccc(OC(=O)c5ccccc5)cc4)ncnc32)C2OC(C)(C)OC21)C(C)C. The highest BCUT2D eigenvalue weighted by atomic mass is 16.8. The molecule has 258 valence electrons. The van der Waals surface area contributed by atoms with E-state index in [1.807, 2.05) is 18.2 Å². The van der Waals surface area contributed by atoms with E-state index in [-0.39, 0.29) is 12.5 Å². The lowest BCUT2D eigenvalue weighted by Crippen LogP contribution is -2.46. The van der Waals surface area contributed by atoms with Crippen LogP contribution in [0.5, 0.6) is 5.75 Å². The van der Waals surface area contributed by atoms with Crippen LogP contribution in [0, 0.1) is 5.92 Å². The Hall–Kier alpha value is -5.12. The van der Waals surface area contributed by atoms with Gasteiger partial charge in [-0.2, -0.15) is 0 Å². The molecule has 4 aromatic rings. The molecule has 0 spiro atoms. The molecular weight excluding hydrogens is 636 g/mol. The maximum atomic E-state index is 12.6. The number of benzene rings is 2. The maximum absolute atomic E-state index is 12.6. The van der Waals surface area contributed by atoms with Crippen molar-refractivity contribution in [3.8, 4) is 5.75 Å². The molecule has 5 atom stereocenters. The molecular formula is C34H38N6O9. The van der Waals surface area contributed by atoms with E-state index in [4.69, 9.17) is 28.4 Å². The molecule has 2 fully saturated rings. The van der Waals surface area contributed by atoms with Gasteiger partial charge in [-0.25, -0.2) is 29.3 Å². The largest absolute Gasteiger partial charge is 0.467 e. The fraction of sp³-hybridized carbons (Fsp3) is 0.412. The predicted octanol–water partition coefficient (Wildman–Crippen LogP) is 4.00. The van der Waals surface area contributed by atoms with Crippen LogP contribution < -0.4 is 15.4 Å². The number of aromatic nitrogens is 4. The van der Waals surface area contributed by atoms with Gasteiger partial charge >= 0.3 is 18.0 Å². The first kappa shape index (κ1) is 33.8. The minimum absolute atomic E-state index is 0.159. The van der Waals surface area contributed by atoms with Crippen LogP contribution in [0.1, 0.15) is 49.8 Å². The zero-order chi connectivity index (χ0) is 34.7. The topological polar surface area (TPSA) is 174 Å². The smallest absolute Gasteiger partial charge is 0.407 e. The number of carbonyl (C=O) groups excluding carboxylic acids is 3. The van der Waals surface area contributed by atoms with Crippen LogP contribution in [-0.4, -0.2) is 81.4 Å². The number of anilines is 1. The third-order valence-electron chi connectivity index (χ3n) is 8.14. The van der Waals surface area contributed by atoms with Crippen LogP contribution in [0.3, 0.4) is 0 Å². The molecule has 15 nitrogen and oxygen atoms in total. The summed E-state index contributed by atoms with van der Waals surface area (Å²) in [5, 5.41) is 5.86. The standard InChI is InChI=1S/C34H38N6O9/c1-19(2)24(32(42)44-5)39-33(43)45-16-23-26-27(49-34(3,4)48-26)30(47-23)40-18-38-25-28(36-17-37-29(25)40)35-15-20-11-13-22(14-12-20)46-31(41)21-9-7-6-8-10-21/h6-14,17-19,23-24,26-27,30H,15-16H2,1-5H3,(H,39,43)(H,35,36,37)/t23-,24+,26?,27?,30-/m1/s1. The number of hydrogen-bond donors (Lipinski definition) is 2. The molecule has 2 saturated heterocycles. The Morgan fingerprint density at radius 3 is 2.43 bits per heavy atom. The number of alkyl carbamates (subject to hydrolysis) is 1. The molecule has 2 N–H and O–H groups in total. The fourth-order valence-corrected chi connectivity index (χ4v) is 5.74. The summed E-state index contributed by atoms with van der Waals surface area (Å²) in [4.78, 5) is 50.5. The Morgan fingerprint density at radius 2 is 1.71 bits per heavy atom. The number of rotatable bonds is 11. The Labute approximate surface area is 282 Å². The Balaban J connectivity index is 1.12. The minimum atomic E-state index is -0.918. The summed E-state index contributed by atoms with van der Waals surface area (Å²) in [7, 11) is 1.26. The number of fused-ring (bicyclic) bond motifs is 2. The second kappa shape index (κ2) is 14.2. The molecule has 2 aliphatic heterocycles. The second-order valence-corrected chi connectivity index (χ2v) is 12.4. The summed E-state index contributed by atoms with van der Waals surface area (Å²) in [6, 6.07) is 15.1. The van der Waals surface area contributed by atoms with Crippen molar-refractivity contribution in [2.24, 2.45) is 5.92 Å². The molecule has 1 amide bonds. The molecule has 0 saturated carbocycles. The van der Waals surface area contributed by atoms with Crippen LogP contribution in [0.15, 0.2) is 67.3 Å². The van der Waals surface area contributed by atoms with Gasteiger partial charge in [-0.3, -0.25) is 4.57 Å². The zero-order valence-corrected chi connectivity index (χ0v) is 27.7. The molecule has 0 radical (unpaired) electrons. The average molecular weight is 675 g/mol. The normalized spacial score (nSPS) is 21.6. The van der Waals surface area contributed by atoms with Gasteiger partial charge in [0.15, 0.2) is 29.0 Å². The molecule has 2 aliphatic rings. The first-order valence-electron chi connectivity index (χ1n) is 15.8. The van der Waals surface area contributed by atoms with Crippen LogP contribution in [0.25, 0.3) is 11.2 Å². The van der Waals surface area contributed by atoms with Crippen LogP contribution in [-0.2, 0) is 35.0 Å². The van der Waals surface area contributed by atoms with Gasteiger partial charge in [0, 0.05) is 6.54 Å². The fourth-order valence-electron chi connectivity index (χ4n) is 5.74. The number of nitrogens with zero attached hydrogens (tertiary/aromatic N) is 4. The van der Waals surface area contributed by atoms with Gasteiger partial charge in [0.25, 0.3) is 0 Å². The molecule has 15 heteroatoms. The summed E-state index contributed by atoms with van der Waals surface area (Å²) in [6.45, 7) is 7.42. The van der Waals surface area contributed by atoms with E-state index >= 15 is 0 Å².